The number of nitrogens with zero attached hydrogens (tertiary/aromatic N) is 1. The molecule has 1 atom stereocenters. The number of aryl methyl sites for hydroxylation is 2. The summed E-state index contributed by atoms with van der Waals surface area (Å²) in [6, 6.07) is 3.88. The van der Waals surface area contributed by atoms with E-state index in [1.807, 2.05) is 26.0 Å². The minimum absolute atomic E-state index is 0.00994. The number of halogens is 1. The first-order valence-corrected chi connectivity index (χ1v) is 6.26. The highest BCUT2D eigenvalue weighted by molar-refractivity contribution is 6.33. The maximum absolute atomic E-state index is 12.0. The minimum Gasteiger partial charge on any atom is -0.398 e. The van der Waals surface area contributed by atoms with Crippen LogP contribution in [0.25, 0.3) is 0 Å². The van der Waals surface area contributed by atoms with Crippen LogP contribution in [0.5, 0.6) is 0 Å². The lowest BCUT2D eigenvalue weighted by Gasteiger charge is -2.31. The molecule has 1 heterocycles. The molecule has 1 amide bonds. The quantitative estimate of drug-likeness (QED) is 0.617. The summed E-state index contributed by atoms with van der Waals surface area (Å²) in [5, 5.41) is -0.398. The van der Waals surface area contributed by atoms with Crippen molar-refractivity contribution in [1.29, 1.82) is 0 Å². The summed E-state index contributed by atoms with van der Waals surface area (Å²) < 4.78 is 0. The molecular formula is C13H17ClN2O. The Morgan fingerprint density at radius 2 is 2.06 bits per heavy atom. The van der Waals surface area contributed by atoms with Crippen LogP contribution in [0.4, 0.5) is 11.4 Å². The topological polar surface area (TPSA) is 46.3 Å². The molecule has 2 rings (SSSR count). The average Bonchev–Trinajstić information content (AvgIpc) is 2.28. The summed E-state index contributed by atoms with van der Waals surface area (Å²) in [5.41, 5.74) is 9.62. The zero-order chi connectivity index (χ0) is 12.6. The molecule has 1 aromatic rings. The smallest absolute Gasteiger partial charge is 0.245 e. The van der Waals surface area contributed by atoms with Crippen LogP contribution < -0.4 is 10.6 Å². The van der Waals surface area contributed by atoms with E-state index in [2.05, 4.69) is 0 Å². The highest BCUT2D eigenvalue weighted by Crippen LogP contribution is 2.29. The Morgan fingerprint density at radius 1 is 1.35 bits per heavy atom. The molecule has 1 aliphatic rings. The molecule has 1 aromatic carbocycles. The van der Waals surface area contributed by atoms with Gasteiger partial charge in [-0.15, -0.1) is 11.6 Å². The molecule has 92 valence electrons. The summed E-state index contributed by atoms with van der Waals surface area (Å²) in [6.45, 7) is 4.69. The second-order valence-corrected chi connectivity index (χ2v) is 5.12. The summed E-state index contributed by atoms with van der Waals surface area (Å²) in [6.07, 6.45) is 1.70. The summed E-state index contributed by atoms with van der Waals surface area (Å²) in [5.74, 6) is -0.00994. The standard InChI is InChI=1S/C13H17ClN2O/c1-8-6-9(2)12(7-11(8)15)16-5-3-4-10(14)13(16)17/h6-7,10H,3-5,15H2,1-2H3. The van der Waals surface area contributed by atoms with E-state index >= 15 is 0 Å². The van der Waals surface area contributed by atoms with Crippen LogP contribution in [0.1, 0.15) is 24.0 Å². The number of alkyl halides is 1. The number of rotatable bonds is 1. The molecule has 0 aliphatic carbocycles. The molecule has 2 N–H and O–H groups in total. The monoisotopic (exact) mass is 252 g/mol. The van der Waals surface area contributed by atoms with Gasteiger partial charge in [0.05, 0.1) is 0 Å². The number of carbonyl (C=O) groups excluding carboxylic acids is 1. The number of nitrogen functional groups attached to an aromatic ring is 1. The SMILES string of the molecule is Cc1cc(C)c(N2CCCC(Cl)C2=O)cc1N. The van der Waals surface area contributed by atoms with Crippen molar-refractivity contribution in [2.45, 2.75) is 32.1 Å². The normalized spacial score (nSPS) is 20.8. The molecule has 0 bridgehead atoms. The number of carbonyl (C=O) groups is 1. The summed E-state index contributed by atoms with van der Waals surface area (Å²) >= 11 is 6.01. The molecule has 1 saturated heterocycles. The van der Waals surface area contributed by atoms with Crippen LogP contribution in [0.15, 0.2) is 12.1 Å². The Labute approximate surface area is 107 Å². The fourth-order valence-electron chi connectivity index (χ4n) is 2.22. The molecule has 1 unspecified atom stereocenters. The van der Waals surface area contributed by atoms with Crippen molar-refractivity contribution >= 4 is 28.9 Å². The van der Waals surface area contributed by atoms with Gasteiger partial charge < -0.3 is 10.6 Å². The van der Waals surface area contributed by atoms with Gasteiger partial charge in [0.1, 0.15) is 5.38 Å². The van der Waals surface area contributed by atoms with Crippen molar-refractivity contribution in [3.63, 3.8) is 0 Å². The zero-order valence-electron chi connectivity index (χ0n) is 10.2. The summed E-state index contributed by atoms with van der Waals surface area (Å²) in [7, 11) is 0. The molecule has 1 fully saturated rings. The second-order valence-electron chi connectivity index (χ2n) is 4.59. The van der Waals surface area contributed by atoms with Gasteiger partial charge in [0.25, 0.3) is 0 Å². The van der Waals surface area contributed by atoms with E-state index in [0.29, 0.717) is 0 Å². The second kappa shape index (κ2) is 4.57. The maximum atomic E-state index is 12.0. The first kappa shape index (κ1) is 12.2. The molecule has 0 saturated carbocycles. The van der Waals surface area contributed by atoms with Gasteiger partial charge in [-0.3, -0.25) is 4.79 Å². The Kier molecular flexibility index (Phi) is 3.29. The van der Waals surface area contributed by atoms with Gasteiger partial charge in [-0.2, -0.15) is 0 Å². The largest absolute Gasteiger partial charge is 0.398 e. The van der Waals surface area contributed by atoms with Gasteiger partial charge in [0.15, 0.2) is 0 Å². The number of hydrogen-bond donors (Lipinski definition) is 1. The van der Waals surface area contributed by atoms with Gasteiger partial charge in [0, 0.05) is 17.9 Å². The Bertz CT molecular complexity index is 459. The highest BCUT2D eigenvalue weighted by atomic mass is 35.5. The van der Waals surface area contributed by atoms with Crippen molar-refractivity contribution in [3.8, 4) is 0 Å². The lowest BCUT2D eigenvalue weighted by Crippen LogP contribution is -2.42. The van der Waals surface area contributed by atoms with E-state index in [1.165, 1.54) is 0 Å². The summed E-state index contributed by atoms with van der Waals surface area (Å²) in [4.78, 5) is 13.8. The number of amides is 1. The first-order chi connectivity index (χ1) is 8.00. The van der Waals surface area contributed by atoms with E-state index in [9.17, 15) is 4.79 Å². The third kappa shape index (κ3) is 2.25. The van der Waals surface area contributed by atoms with Gasteiger partial charge in [0.2, 0.25) is 5.91 Å². The van der Waals surface area contributed by atoms with Crippen molar-refractivity contribution in [2.75, 3.05) is 17.2 Å². The van der Waals surface area contributed by atoms with Gasteiger partial charge in [-0.05, 0) is 43.9 Å². The van der Waals surface area contributed by atoms with Crippen LogP contribution in [-0.4, -0.2) is 17.8 Å². The number of hydrogen-bond acceptors (Lipinski definition) is 2. The van der Waals surface area contributed by atoms with E-state index in [-0.39, 0.29) is 5.91 Å². The fourth-order valence-corrected chi connectivity index (χ4v) is 2.49. The number of piperidine rings is 1. The van der Waals surface area contributed by atoms with Crippen molar-refractivity contribution < 1.29 is 4.79 Å². The van der Waals surface area contributed by atoms with Crippen LogP contribution in [0.2, 0.25) is 0 Å². The van der Waals surface area contributed by atoms with E-state index in [1.54, 1.807) is 4.90 Å². The predicted octanol–water partition coefficient (Wildman–Crippen LogP) is 2.62. The molecule has 1 aliphatic heterocycles. The molecule has 17 heavy (non-hydrogen) atoms. The maximum Gasteiger partial charge on any atom is 0.245 e. The van der Waals surface area contributed by atoms with Crippen molar-refractivity contribution in [3.05, 3.63) is 23.3 Å². The van der Waals surface area contributed by atoms with Gasteiger partial charge in [-0.25, -0.2) is 0 Å². The fraction of sp³-hybridized carbons (Fsp3) is 0.462. The number of benzene rings is 1. The lowest BCUT2D eigenvalue weighted by molar-refractivity contribution is -0.119. The average molecular weight is 253 g/mol. The van der Waals surface area contributed by atoms with E-state index in [4.69, 9.17) is 17.3 Å². The van der Waals surface area contributed by atoms with Crippen molar-refractivity contribution in [1.82, 2.24) is 0 Å². The van der Waals surface area contributed by atoms with E-state index < -0.39 is 5.38 Å². The molecule has 0 radical (unpaired) electrons. The third-order valence-electron chi connectivity index (χ3n) is 3.25. The van der Waals surface area contributed by atoms with Gasteiger partial charge in [-0.1, -0.05) is 6.07 Å². The Morgan fingerprint density at radius 3 is 2.76 bits per heavy atom. The molecular weight excluding hydrogens is 236 g/mol. The predicted molar refractivity (Wildman–Crippen MR) is 71.6 cm³/mol. The molecule has 0 aromatic heterocycles. The van der Waals surface area contributed by atoms with Crippen molar-refractivity contribution in [2.24, 2.45) is 0 Å². The highest BCUT2D eigenvalue weighted by Gasteiger charge is 2.28. The third-order valence-corrected chi connectivity index (χ3v) is 3.65. The first-order valence-electron chi connectivity index (χ1n) is 5.83. The van der Waals surface area contributed by atoms with Crippen LogP contribution >= 0.6 is 11.6 Å². The van der Waals surface area contributed by atoms with E-state index in [0.717, 1.165) is 41.9 Å². The Balaban J connectivity index is 2.39. The number of anilines is 2. The minimum atomic E-state index is -0.398. The molecule has 3 nitrogen and oxygen atoms in total. The lowest BCUT2D eigenvalue weighted by atomic mass is 10.0. The van der Waals surface area contributed by atoms with Crippen LogP contribution in [-0.2, 0) is 4.79 Å². The molecule has 0 spiro atoms. The zero-order valence-corrected chi connectivity index (χ0v) is 10.9. The molecule has 4 heteroatoms. The van der Waals surface area contributed by atoms with Crippen LogP contribution in [0, 0.1) is 13.8 Å². The number of nitrogens with two attached hydrogens (primary N) is 1. The Hall–Kier alpha value is -1.22. The van der Waals surface area contributed by atoms with Gasteiger partial charge >= 0.3 is 0 Å². The van der Waals surface area contributed by atoms with Crippen LogP contribution in [0.3, 0.4) is 0 Å².